The minimum atomic E-state index is -0.175. The van der Waals surface area contributed by atoms with Crippen molar-refractivity contribution in [2.24, 2.45) is 5.73 Å². The van der Waals surface area contributed by atoms with E-state index in [1.165, 1.54) is 5.39 Å². The molecule has 0 saturated heterocycles. The Balaban J connectivity index is 1.95. The topological polar surface area (TPSA) is 66.0 Å². The van der Waals surface area contributed by atoms with Crippen LogP contribution in [0.4, 0.5) is 0 Å². The van der Waals surface area contributed by atoms with E-state index in [4.69, 9.17) is 10.5 Å². The first-order chi connectivity index (χ1) is 10.2. The predicted octanol–water partition coefficient (Wildman–Crippen LogP) is 3.26. The van der Waals surface area contributed by atoms with Crippen molar-refractivity contribution < 1.29 is 4.74 Å². The summed E-state index contributed by atoms with van der Waals surface area (Å²) in [5.74, 6) is 1.47. The van der Waals surface area contributed by atoms with Gasteiger partial charge in [0.2, 0.25) is 0 Å². The molecule has 3 rings (SSSR count). The predicted molar refractivity (Wildman–Crippen MR) is 82.3 cm³/mol. The van der Waals surface area contributed by atoms with Crippen molar-refractivity contribution in [2.75, 3.05) is 0 Å². The molecule has 5 heteroatoms. The first-order valence-electron chi connectivity index (χ1n) is 7.04. The number of nitrogens with zero attached hydrogens (tertiary/aromatic N) is 3. The Kier molecular flexibility index (Phi) is 3.58. The third-order valence-electron chi connectivity index (χ3n) is 3.40. The van der Waals surface area contributed by atoms with Gasteiger partial charge in [0.1, 0.15) is 5.75 Å². The number of hydrogen-bond donors (Lipinski definition) is 1. The molecule has 0 fully saturated rings. The van der Waals surface area contributed by atoms with E-state index in [2.05, 4.69) is 22.3 Å². The number of rotatable bonds is 4. The molecule has 21 heavy (non-hydrogen) atoms. The van der Waals surface area contributed by atoms with Crippen LogP contribution >= 0.6 is 0 Å². The second kappa shape index (κ2) is 5.54. The molecule has 0 radical (unpaired) electrons. The van der Waals surface area contributed by atoms with Crippen molar-refractivity contribution in [1.82, 2.24) is 14.8 Å². The largest absolute Gasteiger partial charge is 0.424 e. The van der Waals surface area contributed by atoms with Crippen molar-refractivity contribution >= 4 is 10.8 Å². The smallest absolute Gasteiger partial charge is 0.322 e. The SMILES string of the molecule is CCn1c(Oc2ccc3ccccc3c2)nnc1[C@@H](C)N. The van der Waals surface area contributed by atoms with Crippen LogP contribution in [0.5, 0.6) is 11.8 Å². The summed E-state index contributed by atoms with van der Waals surface area (Å²) >= 11 is 0. The molecule has 1 heterocycles. The van der Waals surface area contributed by atoms with Crippen LogP contribution in [0.25, 0.3) is 10.8 Å². The standard InChI is InChI=1S/C16H18N4O/c1-3-20-15(11(2)17)18-19-16(20)21-14-9-8-12-6-4-5-7-13(12)10-14/h4-11H,3,17H2,1-2H3/t11-/m1/s1. The third-order valence-corrected chi connectivity index (χ3v) is 3.40. The lowest BCUT2D eigenvalue weighted by atomic mass is 10.1. The van der Waals surface area contributed by atoms with Crippen molar-refractivity contribution in [2.45, 2.75) is 26.4 Å². The van der Waals surface area contributed by atoms with Crippen LogP contribution in [0.2, 0.25) is 0 Å². The van der Waals surface area contributed by atoms with Crippen molar-refractivity contribution in [3.8, 4) is 11.8 Å². The van der Waals surface area contributed by atoms with E-state index >= 15 is 0 Å². The molecule has 108 valence electrons. The Hall–Kier alpha value is -2.40. The summed E-state index contributed by atoms with van der Waals surface area (Å²) in [6, 6.07) is 14.4. The maximum Gasteiger partial charge on any atom is 0.322 e. The summed E-state index contributed by atoms with van der Waals surface area (Å²) in [7, 11) is 0. The molecule has 2 aromatic carbocycles. The summed E-state index contributed by atoms with van der Waals surface area (Å²) in [4.78, 5) is 0. The van der Waals surface area contributed by atoms with E-state index in [-0.39, 0.29) is 6.04 Å². The Labute approximate surface area is 123 Å². The van der Waals surface area contributed by atoms with Gasteiger partial charge in [0.05, 0.1) is 6.04 Å². The zero-order valence-corrected chi connectivity index (χ0v) is 12.2. The summed E-state index contributed by atoms with van der Waals surface area (Å²) in [5, 5.41) is 10.5. The van der Waals surface area contributed by atoms with Gasteiger partial charge in [-0.2, -0.15) is 0 Å². The Morgan fingerprint density at radius 1 is 1.14 bits per heavy atom. The summed E-state index contributed by atoms with van der Waals surface area (Å²) in [6.07, 6.45) is 0. The van der Waals surface area contributed by atoms with Crippen LogP contribution in [0, 0.1) is 0 Å². The molecule has 0 saturated carbocycles. The first-order valence-corrected chi connectivity index (χ1v) is 7.04. The van der Waals surface area contributed by atoms with Gasteiger partial charge < -0.3 is 10.5 Å². The van der Waals surface area contributed by atoms with Crippen molar-refractivity contribution in [3.63, 3.8) is 0 Å². The van der Waals surface area contributed by atoms with Gasteiger partial charge in [-0.3, -0.25) is 4.57 Å². The molecule has 0 unspecified atom stereocenters. The quantitative estimate of drug-likeness (QED) is 0.797. The number of fused-ring (bicyclic) bond motifs is 1. The maximum absolute atomic E-state index is 5.89. The van der Waals surface area contributed by atoms with E-state index in [9.17, 15) is 0 Å². The minimum Gasteiger partial charge on any atom is -0.424 e. The Bertz CT molecular complexity index is 764. The Morgan fingerprint density at radius 2 is 1.90 bits per heavy atom. The molecule has 1 atom stereocenters. The normalized spacial score (nSPS) is 12.5. The highest BCUT2D eigenvalue weighted by Crippen LogP contribution is 2.25. The van der Waals surface area contributed by atoms with Crippen LogP contribution in [0.3, 0.4) is 0 Å². The number of nitrogens with two attached hydrogens (primary N) is 1. The van der Waals surface area contributed by atoms with Crippen LogP contribution in [-0.2, 0) is 6.54 Å². The number of benzene rings is 2. The van der Waals surface area contributed by atoms with Crippen molar-refractivity contribution in [3.05, 3.63) is 48.3 Å². The fourth-order valence-corrected chi connectivity index (χ4v) is 2.35. The highest BCUT2D eigenvalue weighted by molar-refractivity contribution is 5.83. The van der Waals surface area contributed by atoms with Crippen molar-refractivity contribution in [1.29, 1.82) is 0 Å². The zero-order valence-electron chi connectivity index (χ0n) is 12.2. The van der Waals surface area contributed by atoms with Crippen LogP contribution in [-0.4, -0.2) is 14.8 Å². The zero-order chi connectivity index (χ0) is 14.8. The molecule has 0 aliphatic carbocycles. The minimum absolute atomic E-state index is 0.175. The summed E-state index contributed by atoms with van der Waals surface area (Å²) in [6.45, 7) is 4.62. The van der Waals surface area contributed by atoms with E-state index in [0.29, 0.717) is 12.6 Å². The molecule has 0 aliphatic heterocycles. The molecule has 2 N–H and O–H groups in total. The third kappa shape index (κ3) is 2.60. The van der Waals surface area contributed by atoms with Gasteiger partial charge in [0.25, 0.3) is 0 Å². The molecule has 0 bridgehead atoms. The van der Waals surface area contributed by atoms with E-state index in [1.54, 1.807) is 0 Å². The van der Waals surface area contributed by atoms with Gasteiger partial charge in [-0.25, -0.2) is 0 Å². The lowest BCUT2D eigenvalue weighted by molar-refractivity contribution is 0.409. The highest BCUT2D eigenvalue weighted by atomic mass is 16.5. The second-order valence-corrected chi connectivity index (χ2v) is 4.98. The van der Waals surface area contributed by atoms with E-state index in [1.807, 2.05) is 48.7 Å². The summed E-state index contributed by atoms with van der Waals surface area (Å²) < 4.78 is 7.76. The molecular formula is C16H18N4O. The van der Waals surface area contributed by atoms with Gasteiger partial charge in [-0.1, -0.05) is 35.4 Å². The molecule has 3 aromatic rings. The molecule has 5 nitrogen and oxygen atoms in total. The first kappa shape index (κ1) is 13.6. The van der Waals surface area contributed by atoms with Gasteiger partial charge in [-0.05, 0) is 36.8 Å². The highest BCUT2D eigenvalue weighted by Gasteiger charge is 2.15. The van der Waals surface area contributed by atoms with Gasteiger partial charge >= 0.3 is 6.01 Å². The van der Waals surface area contributed by atoms with E-state index < -0.39 is 0 Å². The number of hydrogen-bond acceptors (Lipinski definition) is 4. The molecule has 0 amide bonds. The lowest BCUT2D eigenvalue weighted by Gasteiger charge is -2.10. The molecule has 0 spiro atoms. The number of aromatic nitrogens is 3. The number of ether oxygens (including phenoxy) is 1. The average Bonchev–Trinajstić information content (AvgIpc) is 2.90. The van der Waals surface area contributed by atoms with Crippen LogP contribution < -0.4 is 10.5 Å². The van der Waals surface area contributed by atoms with Gasteiger partial charge in [-0.15, -0.1) is 5.10 Å². The lowest BCUT2D eigenvalue weighted by Crippen LogP contribution is -2.13. The maximum atomic E-state index is 5.89. The Morgan fingerprint density at radius 3 is 2.62 bits per heavy atom. The van der Waals surface area contributed by atoms with Crippen LogP contribution in [0.1, 0.15) is 25.7 Å². The average molecular weight is 282 g/mol. The summed E-state index contributed by atoms with van der Waals surface area (Å²) in [5.41, 5.74) is 5.89. The fraction of sp³-hybridized carbons (Fsp3) is 0.250. The van der Waals surface area contributed by atoms with E-state index in [0.717, 1.165) is 17.0 Å². The van der Waals surface area contributed by atoms with Crippen LogP contribution in [0.15, 0.2) is 42.5 Å². The second-order valence-electron chi connectivity index (χ2n) is 4.98. The molecule has 0 aliphatic rings. The van der Waals surface area contributed by atoms with Gasteiger partial charge in [0, 0.05) is 6.54 Å². The molecular weight excluding hydrogens is 264 g/mol. The fourth-order valence-electron chi connectivity index (χ4n) is 2.35. The molecule has 1 aromatic heterocycles. The monoisotopic (exact) mass is 282 g/mol. The van der Waals surface area contributed by atoms with Gasteiger partial charge in [0.15, 0.2) is 5.82 Å².